The average molecular weight is 368 g/mol. The number of imidazole rings is 1. The van der Waals surface area contributed by atoms with Gasteiger partial charge in [-0.25, -0.2) is 4.98 Å². The lowest BCUT2D eigenvalue weighted by molar-refractivity contribution is -0.141. The first-order chi connectivity index (χ1) is 12.9. The largest absolute Gasteiger partial charge is 0.480 e. The Kier molecular flexibility index (Phi) is 4.37. The van der Waals surface area contributed by atoms with Crippen LogP contribution in [0.1, 0.15) is 48.7 Å². The van der Waals surface area contributed by atoms with Gasteiger partial charge in [0.1, 0.15) is 17.3 Å². The van der Waals surface area contributed by atoms with Gasteiger partial charge in [0.25, 0.3) is 11.8 Å². The fraction of sp³-hybridized carbons (Fsp3) is 0.450. The van der Waals surface area contributed by atoms with Gasteiger partial charge in [-0.1, -0.05) is 18.2 Å². The predicted molar refractivity (Wildman–Crippen MR) is 99.5 cm³/mol. The summed E-state index contributed by atoms with van der Waals surface area (Å²) >= 11 is 0. The van der Waals surface area contributed by atoms with Crippen LogP contribution >= 0.6 is 0 Å². The minimum absolute atomic E-state index is 0.0267. The molecule has 3 heterocycles. The Hall–Kier alpha value is -2.83. The molecule has 27 heavy (non-hydrogen) atoms. The summed E-state index contributed by atoms with van der Waals surface area (Å²) in [6.45, 7) is 6.97. The highest BCUT2D eigenvalue weighted by molar-refractivity contribution is 5.92. The van der Waals surface area contributed by atoms with E-state index in [2.05, 4.69) is 10.3 Å². The number of hydrogen-bond acceptors (Lipinski definition) is 4. The molecule has 0 spiro atoms. The predicted octanol–water partition coefficient (Wildman–Crippen LogP) is 1.93. The van der Waals surface area contributed by atoms with Crippen LogP contribution in [0.2, 0.25) is 0 Å². The SMILES string of the molecule is CC(C)NC(=O)c1cn2c(n1)C(C)N(C(=O)C1Cc3ccccc3O1)CC2. The quantitative estimate of drug-likeness (QED) is 0.898. The molecule has 2 aliphatic rings. The molecule has 2 aliphatic heterocycles. The number of carbonyl (C=O) groups is 2. The third-order valence-corrected chi connectivity index (χ3v) is 5.09. The second-order valence-electron chi connectivity index (χ2n) is 7.43. The first-order valence-corrected chi connectivity index (χ1v) is 9.37. The Balaban J connectivity index is 1.50. The van der Waals surface area contributed by atoms with E-state index in [9.17, 15) is 9.59 Å². The van der Waals surface area contributed by atoms with Crippen LogP contribution in [0.4, 0.5) is 0 Å². The zero-order valence-electron chi connectivity index (χ0n) is 15.8. The van der Waals surface area contributed by atoms with E-state index in [0.29, 0.717) is 25.2 Å². The number of aromatic nitrogens is 2. The highest BCUT2D eigenvalue weighted by Gasteiger charge is 2.37. The molecule has 4 rings (SSSR count). The number of fused-ring (bicyclic) bond motifs is 2. The van der Waals surface area contributed by atoms with Gasteiger partial charge in [-0.05, 0) is 32.4 Å². The third kappa shape index (κ3) is 3.18. The van der Waals surface area contributed by atoms with E-state index in [1.54, 1.807) is 6.20 Å². The highest BCUT2D eigenvalue weighted by atomic mass is 16.5. The number of nitrogens with one attached hydrogen (secondary N) is 1. The van der Waals surface area contributed by atoms with Crippen LogP contribution in [0.15, 0.2) is 30.5 Å². The number of para-hydroxylation sites is 1. The van der Waals surface area contributed by atoms with Crippen LogP contribution in [-0.2, 0) is 17.8 Å². The molecule has 0 saturated heterocycles. The molecule has 1 N–H and O–H groups in total. The molecular weight excluding hydrogens is 344 g/mol. The number of benzene rings is 1. The van der Waals surface area contributed by atoms with Crippen molar-refractivity contribution in [3.8, 4) is 5.75 Å². The van der Waals surface area contributed by atoms with Gasteiger partial charge in [0.05, 0.1) is 6.04 Å². The molecule has 1 aromatic carbocycles. The molecule has 0 bridgehead atoms. The summed E-state index contributed by atoms with van der Waals surface area (Å²) in [5.74, 6) is 1.31. The van der Waals surface area contributed by atoms with E-state index >= 15 is 0 Å². The van der Waals surface area contributed by atoms with Crippen molar-refractivity contribution in [3.63, 3.8) is 0 Å². The van der Waals surface area contributed by atoms with Crippen molar-refractivity contribution < 1.29 is 14.3 Å². The maximum atomic E-state index is 13.1. The van der Waals surface area contributed by atoms with E-state index in [0.717, 1.165) is 17.1 Å². The van der Waals surface area contributed by atoms with Crippen molar-refractivity contribution in [2.45, 2.75) is 51.9 Å². The normalized spacial score (nSPS) is 20.8. The maximum absolute atomic E-state index is 13.1. The molecule has 1 aromatic heterocycles. The van der Waals surface area contributed by atoms with E-state index in [-0.39, 0.29) is 23.9 Å². The van der Waals surface area contributed by atoms with Crippen LogP contribution in [0.3, 0.4) is 0 Å². The van der Waals surface area contributed by atoms with Crippen molar-refractivity contribution in [1.29, 1.82) is 0 Å². The maximum Gasteiger partial charge on any atom is 0.271 e. The second-order valence-corrected chi connectivity index (χ2v) is 7.43. The zero-order chi connectivity index (χ0) is 19.1. The zero-order valence-corrected chi connectivity index (χ0v) is 15.8. The Morgan fingerprint density at radius 2 is 2.04 bits per heavy atom. The minimum atomic E-state index is -0.491. The minimum Gasteiger partial charge on any atom is -0.480 e. The van der Waals surface area contributed by atoms with Crippen molar-refractivity contribution >= 4 is 11.8 Å². The van der Waals surface area contributed by atoms with Gasteiger partial charge in [-0.15, -0.1) is 0 Å². The number of rotatable bonds is 3. The molecule has 0 radical (unpaired) electrons. The summed E-state index contributed by atoms with van der Waals surface area (Å²) in [6, 6.07) is 7.60. The molecule has 2 amide bonds. The van der Waals surface area contributed by atoms with E-state index in [1.807, 2.05) is 54.5 Å². The van der Waals surface area contributed by atoms with Crippen LogP contribution in [0.5, 0.6) is 5.75 Å². The van der Waals surface area contributed by atoms with E-state index in [4.69, 9.17) is 4.74 Å². The fourth-order valence-corrected chi connectivity index (χ4v) is 3.74. The number of amides is 2. The first kappa shape index (κ1) is 17.6. The first-order valence-electron chi connectivity index (χ1n) is 9.37. The van der Waals surface area contributed by atoms with Gasteiger partial charge in [-0.3, -0.25) is 9.59 Å². The summed E-state index contributed by atoms with van der Waals surface area (Å²) in [4.78, 5) is 31.6. The molecule has 7 nitrogen and oxygen atoms in total. The molecule has 2 unspecified atom stereocenters. The number of hydrogen-bond donors (Lipinski definition) is 1. The molecule has 2 aromatic rings. The van der Waals surface area contributed by atoms with Crippen molar-refractivity contribution in [3.05, 3.63) is 47.5 Å². The Morgan fingerprint density at radius 1 is 1.26 bits per heavy atom. The second kappa shape index (κ2) is 6.72. The smallest absolute Gasteiger partial charge is 0.271 e. The van der Waals surface area contributed by atoms with Crippen molar-refractivity contribution in [2.24, 2.45) is 0 Å². The number of carbonyl (C=O) groups excluding carboxylic acids is 2. The number of nitrogens with zero attached hydrogens (tertiary/aromatic N) is 3. The molecule has 0 saturated carbocycles. The molecular formula is C20H24N4O3. The average Bonchev–Trinajstić information content (AvgIpc) is 3.25. The van der Waals surface area contributed by atoms with E-state index in [1.165, 1.54) is 0 Å². The summed E-state index contributed by atoms with van der Waals surface area (Å²) in [5.41, 5.74) is 1.46. The Morgan fingerprint density at radius 3 is 2.78 bits per heavy atom. The summed E-state index contributed by atoms with van der Waals surface area (Å²) in [5, 5.41) is 2.86. The van der Waals surface area contributed by atoms with Gasteiger partial charge < -0.3 is 19.5 Å². The highest BCUT2D eigenvalue weighted by Crippen LogP contribution is 2.32. The lowest BCUT2D eigenvalue weighted by Crippen LogP contribution is -2.47. The van der Waals surface area contributed by atoms with Crippen LogP contribution in [0.25, 0.3) is 0 Å². The molecule has 2 atom stereocenters. The molecule has 0 fully saturated rings. The fourth-order valence-electron chi connectivity index (χ4n) is 3.74. The van der Waals surface area contributed by atoms with Crippen LogP contribution < -0.4 is 10.1 Å². The van der Waals surface area contributed by atoms with E-state index < -0.39 is 6.10 Å². The van der Waals surface area contributed by atoms with Gasteiger partial charge in [-0.2, -0.15) is 0 Å². The Labute approximate surface area is 158 Å². The monoisotopic (exact) mass is 368 g/mol. The van der Waals surface area contributed by atoms with Crippen molar-refractivity contribution in [2.75, 3.05) is 6.54 Å². The number of ether oxygens (including phenoxy) is 1. The molecule has 0 aliphatic carbocycles. The summed E-state index contributed by atoms with van der Waals surface area (Å²) in [6.07, 6.45) is 1.87. The van der Waals surface area contributed by atoms with Crippen LogP contribution in [0, 0.1) is 0 Å². The van der Waals surface area contributed by atoms with Gasteiger partial charge in [0.15, 0.2) is 6.10 Å². The topological polar surface area (TPSA) is 76.5 Å². The van der Waals surface area contributed by atoms with Gasteiger partial charge in [0, 0.05) is 31.7 Å². The summed E-state index contributed by atoms with van der Waals surface area (Å²) in [7, 11) is 0. The van der Waals surface area contributed by atoms with Gasteiger partial charge in [0.2, 0.25) is 0 Å². The summed E-state index contributed by atoms with van der Waals surface area (Å²) < 4.78 is 7.83. The Bertz CT molecular complexity index is 864. The molecule has 142 valence electrons. The molecule has 7 heteroatoms. The lowest BCUT2D eigenvalue weighted by Gasteiger charge is -2.35. The lowest BCUT2D eigenvalue weighted by atomic mass is 10.1. The van der Waals surface area contributed by atoms with Crippen LogP contribution in [-0.4, -0.2) is 45.0 Å². The van der Waals surface area contributed by atoms with Gasteiger partial charge >= 0.3 is 0 Å². The standard InChI is InChI=1S/C20H24N4O3/c1-12(2)21-19(25)15-11-23-8-9-24(13(3)18(23)22-15)20(26)17-10-14-6-4-5-7-16(14)27-17/h4-7,11-13,17H,8-10H2,1-3H3,(H,21,25). The third-order valence-electron chi connectivity index (χ3n) is 5.09. The van der Waals surface area contributed by atoms with Crippen molar-refractivity contribution in [1.82, 2.24) is 19.8 Å².